The molecule has 0 saturated carbocycles. The Morgan fingerprint density at radius 1 is 1.17 bits per heavy atom. The summed E-state index contributed by atoms with van der Waals surface area (Å²) < 4.78 is 6.78. The number of amides is 2. The number of carbonyl (C=O) groups is 2. The maximum Gasteiger partial charge on any atom is 0.411 e. The van der Waals surface area contributed by atoms with Crippen LogP contribution in [-0.4, -0.2) is 38.2 Å². The molecule has 0 radical (unpaired) electrons. The highest BCUT2D eigenvalue weighted by Gasteiger charge is 2.13. The van der Waals surface area contributed by atoms with Gasteiger partial charge >= 0.3 is 6.09 Å². The van der Waals surface area contributed by atoms with Gasteiger partial charge in [-0.15, -0.1) is 0 Å². The first kappa shape index (κ1) is 21.2. The van der Waals surface area contributed by atoms with Gasteiger partial charge in [-0.1, -0.05) is 19.9 Å². The van der Waals surface area contributed by atoms with Crippen LogP contribution in [0, 0.1) is 19.8 Å². The zero-order chi connectivity index (χ0) is 21.7. The van der Waals surface area contributed by atoms with Crippen LogP contribution in [0.15, 0.2) is 30.6 Å². The van der Waals surface area contributed by atoms with E-state index in [1.165, 1.54) is 6.33 Å². The number of ether oxygens (including phenoxy) is 1. The fourth-order valence-corrected chi connectivity index (χ4v) is 3.05. The van der Waals surface area contributed by atoms with Crippen LogP contribution in [0.4, 0.5) is 16.2 Å². The number of aryl methyl sites for hydroxylation is 2. The Morgan fingerprint density at radius 3 is 2.63 bits per heavy atom. The quantitative estimate of drug-likeness (QED) is 0.617. The zero-order valence-corrected chi connectivity index (χ0v) is 17.6. The Morgan fingerprint density at radius 2 is 1.90 bits per heavy atom. The van der Waals surface area contributed by atoms with Gasteiger partial charge in [-0.2, -0.15) is 10.1 Å². The normalized spacial score (nSPS) is 11.0. The van der Waals surface area contributed by atoms with Crippen LogP contribution in [0.1, 0.15) is 37.2 Å². The van der Waals surface area contributed by atoms with Crippen LogP contribution in [0.5, 0.6) is 0 Å². The molecule has 30 heavy (non-hydrogen) atoms. The van der Waals surface area contributed by atoms with Crippen LogP contribution in [0.3, 0.4) is 0 Å². The van der Waals surface area contributed by atoms with E-state index in [1.807, 2.05) is 27.7 Å². The fourth-order valence-electron chi connectivity index (χ4n) is 3.05. The van der Waals surface area contributed by atoms with Crippen molar-refractivity contribution in [3.05, 3.63) is 47.5 Å². The predicted molar refractivity (Wildman–Crippen MR) is 113 cm³/mol. The molecule has 0 aliphatic carbocycles. The van der Waals surface area contributed by atoms with Crippen LogP contribution in [0.2, 0.25) is 0 Å². The highest BCUT2D eigenvalue weighted by Crippen LogP contribution is 2.18. The third-order valence-electron chi connectivity index (χ3n) is 4.53. The molecule has 2 amide bonds. The molecule has 3 aromatic rings. The summed E-state index contributed by atoms with van der Waals surface area (Å²) in [7, 11) is 0. The molecule has 0 atom stereocenters. The third kappa shape index (κ3) is 5.31. The summed E-state index contributed by atoms with van der Waals surface area (Å²) in [6.07, 6.45) is 1.77. The first-order chi connectivity index (χ1) is 14.3. The van der Waals surface area contributed by atoms with Gasteiger partial charge in [-0.3, -0.25) is 10.1 Å². The SMILES string of the molecule is Cc1nc2ncnn2c(C)c1CCC(=O)Nc1cccc(NC(=O)OCC(C)C)c1. The van der Waals surface area contributed by atoms with Crippen molar-refractivity contribution < 1.29 is 14.3 Å². The summed E-state index contributed by atoms with van der Waals surface area (Å²) in [5.74, 6) is 0.676. The Labute approximate surface area is 174 Å². The third-order valence-corrected chi connectivity index (χ3v) is 4.53. The van der Waals surface area contributed by atoms with Gasteiger partial charge < -0.3 is 10.1 Å². The van der Waals surface area contributed by atoms with Crippen molar-refractivity contribution >= 4 is 29.2 Å². The van der Waals surface area contributed by atoms with Crippen molar-refractivity contribution in [3.63, 3.8) is 0 Å². The zero-order valence-electron chi connectivity index (χ0n) is 17.6. The molecule has 0 bridgehead atoms. The smallest absolute Gasteiger partial charge is 0.411 e. The first-order valence-corrected chi connectivity index (χ1v) is 9.83. The van der Waals surface area contributed by atoms with E-state index in [4.69, 9.17) is 4.74 Å². The molecule has 2 aromatic heterocycles. The number of hydrogen-bond acceptors (Lipinski definition) is 6. The lowest BCUT2D eigenvalue weighted by molar-refractivity contribution is -0.116. The van der Waals surface area contributed by atoms with E-state index < -0.39 is 6.09 Å². The molecule has 0 fully saturated rings. The number of nitrogens with zero attached hydrogens (tertiary/aromatic N) is 4. The molecule has 0 spiro atoms. The van der Waals surface area contributed by atoms with Gasteiger partial charge in [0.1, 0.15) is 6.33 Å². The fraction of sp³-hybridized carbons (Fsp3) is 0.381. The van der Waals surface area contributed by atoms with Crippen molar-refractivity contribution in [2.75, 3.05) is 17.2 Å². The predicted octanol–water partition coefficient (Wildman–Crippen LogP) is 3.52. The number of carbonyl (C=O) groups excluding carboxylic acids is 2. The molecule has 2 heterocycles. The van der Waals surface area contributed by atoms with E-state index in [1.54, 1.807) is 28.8 Å². The lowest BCUT2D eigenvalue weighted by Gasteiger charge is -2.12. The molecular weight excluding hydrogens is 384 g/mol. The second-order valence-electron chi connectivity index (χ2n) is 7.48. The highest BCUT2D eigenvalue weighted by molar-refractivity contribution is 5.92. The molecule has 9 nitrogen and oxygen atoms in total. The molecule has 3 rings (SSSR count). The Bertz CT molecular complexity index is 1060. The minimum absolute atomic E-state index is 0.132. The Hall–Kier alpha value is -3.49. The van der Waals surface area contributed by atoms with Crippen LogP contribution >= 0.6 is 0 Å². The van der Waals surface area contributed by atoms with Gasteiger partial charge in [0.2, 0.25) is 5.91 Å². The molecule has 0 aliphatic rings. The number of aromatic nitrogens is 4. The average molecular weight is 410 g/mol. The van der Waals surface area contributed by atoms with Crippen LogP contribution < -0.4 is 10.6 Å². The number of anilines is 2. The lowest BCUT2D eigenvalue weighted by atomic mass is 10.1. The monoisotopic (exact) mass is 410 g/mol. The number of rotatable bonds is 7. The van der Waals surface area contributed by atoms with E-state index in [0.717, 1.165) is 17.0 Å². The summed E-state index contributed by atoms with van der Waals surface area (Å²) in [4.78, 5) is 32.8. The summed E-state index contributed by atoms with van der Waals surface area (Å²) >= 11 is 0. The molecule has 1 aromatic carbocycles. The van der Waals surface area contributed by atoms with E-state index in [0.29, 0.717) is 30.2 Å². The second-order valence-corrected chi connectivity index (χ2v) is 7.48. The molecule has 158 valence electrons. The Balaban J connectivity index is 1.58. The van der Waals surface area contributed by atoms with E-state index in [9.17, 15) is 9.59 Å². The van der Waals surface area contributed by atoms with Crippen molar-refractivity contribution in [3.8, 4) is 0 Å². The van der Waals surface area contributed by atoms with E-state index in [2.05, 4.69) is 25.7 Å². The lowest BCUT2D eigenvalue weighted by Crippen LogP contribution is -2.17. The van der Waals surface area contributed by atoms with Crippen LogP contribution in [0.25, 0.3) is 5.78 Å². The van der Waals surface area contributed by atoms with Crippen molar-refractivity contribution in [2.45, 2.75) is 40.5 Å². The van der Waals surface area contributed by atoms with Gasteiger partial charge in [0.25, 0.3) is 5.78 Å². The average Bonchev–Trinajstić information content (AvgIpc) is 3.15. The minimum Gasteiger partial charge on any atom is -0.449 e. The number of hydrogen-bond donors (Lipinski definition) is 2. The van der Waals surface area contributed by atoms with Crippen molar-refractivity contribution in [1.82, 2.24) is 19.6 Å². The summed E-state index contributed by atoms with van der Waals surface area (Å²) in [6.45, 7) is 8.12. The maximum absolute atomic E-state index is 12.5. The topological polar surface area (TPSA) is 111 Å². The summed E-state index contributed by atoms with van der Waals surface area (Å²) in [5.41, 5.74) is 3.89. The van der Waals surface area contributed by atoms with Gasteiger partial charge in [0, 0.05) is 29.2 Å². The molecule has 0 unspecified atom stereocenters. The summed E-state index contributed by atoms with van der Waals surface area (Å²) in [5, 5.41) is 9.69. The maximum atomic E-state index is 12.5. The molecule has 2 N–H and O–H groups in total. The Kier molecular flexibility index (Phi) is 6.61. The van der Waals surface area contributed by atoms with E-state index >= 15 is 0 Å². The summed E-state index contributed by atoms with van der Waals surface area (Å²) in [6, 6.07) is 6.94. The number of nitrogens with one attached hydrogen (secondary N) is 2. The number of benzene rings is 1. The molecular formula is C21H26N6O3. The molecule has 0 saturated heterocycles. The van der Waals surface area contributed by atoms with Gasteiger partial charge in [-0.25, -0.2) is 14.3 Å². The number of fused-ring (bicyclic) bond motifs is 1. The van der Waals surface area contributed by atoms with Gasteiger partial charge in [0.15, 0.2) is 0 Å². The standard InChI is InChI=1S/C21H26N6O3/c1-13(2)11-30-21(29)26-17-7-5-6-16(10-17)25-19(28)9-8-18-14(3)24-20-22-12-23-27(20)15(18)4/h5-7,10,12-13H,8-9,11H2,1-4H3,(H,25,28)(H,26,29). The van der Waals surface area contributed by atoms with Crippen LogP contribution in [-0.2, 0) is 16.0 Å². The van der Waals surface area contributed by atoms with Gasteiger partial charge in [0.05, 0.1) is 6.61 Å². The second kappa shape index (κ2) is 9.34. The van der Waals surface area contributed by atoms with E-state index in [-0.39, 0.29) is 18.2 Å². The molecule has 0 aliphatic heterocycles. The van der Waals surface area contributed by atoms with Crippen molar-refractivity contribution in [2.24, 2.45) is 5.92 Å². The first-order valence-electron chi connectivity index (χ1n) is 9.83. The molecule has 9 heteroatoms. The largest absolute Gasteiger partial charge is 0.449 e. The van der Waals surface area contributed by atoms with Crippen molar-refractivity contribution in [1.29, 1.82) is 0 Å². The highest BCUT2D eigenvalue weighted by atomic mass is 16.5. The van der Waals surface area contributed by atoms with Gasteiger partial charge in [-0.05, 0) is 49.9 Å². The minimum atomic E-state index is -0.519.